The fraction of sp³-hybridized carbons (Fsp3) is 0.385. The highest BCUT2D eigenvalue weighted by molar-refractivity contribution is 7.99. The summed E-state index contributed by atoms with van der Waals surface area (Å²) in [6.45, 7) is 0. The summed E-state index contributed by atoms with van der Waals surface area (Å²) in [5.41, 5.74) is -0.802. The van der Waals surface area contributed by atoms with Crippen molar-refractivity contribution < 1.29 is 19.8 Å². The van der Waals surface area contributed by atoms with E-state index in [4.69, 9.17) is 0 Å². The summed E-state index contributed by atoms with van der Waals surface area (Å²) in [4.78, 5) is 23.3. The van der Waals surface area contributed by atoms with Crippen LogP contribution >= 0.6 is 11.8 Å². The van der Waals surface area contributed by atoms with Gasteiger partial charge in [0.05, 0.1) is 0 Å². The first kappa shape index (κ1) is 13.9. The molecule has 5 nitrogen and oxygen atoms in total. The van der Waals surface area contributed by atoms with Gasteiger partial charge < -0.3 is 15.5 Å². The van der Waals surface area contributed by atoms with Gasteiger partial charge >= 0.3 is 5.97 Å². The number of amides is 1. The van der Waals surface area contributed by atoms with Gasteiger partial charge in [-0.2, -0.15) is 11.8 Å². The Morgan fingerprint density at radius 2 is 2.00 bits per heavy atom. The van der Waals surface area contributed by atoms with Crippen molar-refractivity contribution in [2.45, 2.75) is 18.1 Å². The first-order chi connectivity index (χ1) is 9.05. The lowest BCUT2D eigenvalue weighted by atomic mass is 9.98. The van der Waals surface area contributed by atoms with E-state index < -0.39 is 23.5 Å². The topological polar surface area (TPSA) is 86.6 Å². The smallest absolute Gasteiger partial charge is 0.330 e. The molecule has 1 aliphatic heterocycles. The third-order valence-electron chi connectivity index (χ3n) is 3.16. The maximum atomic E-state index is 12.0. The second-order valence-electron chi connectivity index (χ2n) is 4.49. The second kappa shape index (κ2) is 5.63. The minimum Gasteiger partial charge on any atom is -0.479 e. The summed E-state index contributed by atoms with van der Waals surface area (Å²) in [5.74, 6) is -0.703. The Kier molecular flexibility index (Phi) is 4.11. The zero-order valence-corrected chi connectivity index (χ0v) is 11.0. The molecule has 1 amide bonds. The van der Waals surface area contributed by atoms with Crippen LogP contribution in [0.15, 0.2) is 30.3 Å². The summed E-state index contributed by atoms with van der Waals surface area (Å²) in [6, 6.07) is 8.46. The Labute approximate surface area is 115 Å². The highest BCUT2D eigenvalue weighted by Crippen LogP contribution is 2.29. The molecule has 6 heteroatoms. The molecule has 0 spiro atoms. The van der Waals surface area contributed by atoms with Crippen molar-refractivity contribution in [3.63, 3.8) is 0 Å². The van der Waals surface area contributed by atoms with Crippen LogP contribution in [0.1, 0.15) is 18.1 Å². The maximum absolute atomic E-state index is 12.0. The first-order valence-electron chi connectivity index (χ1n) is 5.91. The van der Waals surface area contributed by atoms with Crippen LogP contribution in [0.4, 0.5) is 0 Å². The number of aliphatic carboxylic acids is 1. The van der Waals surface area contributed by atoms with E-state index in [1.807, 2.05) is 0 Å². The number of carbonyl (C=O) groups excluding carboxylic acids is 1. The van der Waals surface area contributed by atoms with Crippen molar-refractivity contribution in [2.75, 3.05) is 11.5 Å². The number of hydrogen-bond acceptors (Lipinski definition) is 4. The number of carbonyl (C=O) groups is 2. The van der Waals surface area contributed by atoms with Gasteiger partial charge in [-0.25, -0.2) is 4.79 Å². The quantitative estimate of drug-likeness (QED) is 0.760. The normalized spacial score (nSPS) is 23.8. The van der Waals surface area contributed by atoms with Gasteiger partial charge in [-0.05, 0) is 17.7 Å². The molecule has 0 saturated carbocycles. The van der Waals surface area contributed by atoms with Crippen LogP contribution < -0.4 is 5.32 Å². The number of benzene rings is 1. The number of thioether (sulfide) groups is 1. The van der Waals surface area contributed by atoms with E-state index in [9.17, 15) is 19.8 Å². The lowest BCUT2D eigenvalue weighted by Gasteiger charge is -2.26. The van der Waals surface area contributed by atoms with Gasteiger partial charge in [0.2, 0.25) is 0 Å². The van der Waals surface area contributed by atoms with Gasteiger partial charge in [0.1, 0.15) is 5.54 Å². The average molecular weight is 281 g/mol. The third-order valence-corrected chi connectivity index (χ3v) is 4.35. The van der Waals surface area contributed by atoms with E-state index in [-0.39, 0.29) is 0 Å². The summed E-state index contributed by atoms with van der Waals surface area (Å²) in [7, 11) is 0. The average Bonchev–Trinajstić information content (AvgIpc) is 2.88. The van der Waals surface area contributed by atoms with Gasteiger partial charge in [-0.3, -0.25) is 4.79 Å². The molecule has 1 fully saturated rings. The summed E-state index contributed by atoms with van der Waals surface area (Å²) in [5, 5.41) is 21.7. The van der Waals surface area contributed by atoms with Crippen LogP contribution in [-0.4, -0.2) is 39.1 Å². The molecule has 1 aromatic carbocycles. The maximum Gasteiger partial charge on any atom is 0.330 e. The molecule has 102 valence electrons. The zero-order valence-electron chi connectivity index (χ0n) is 10.2. The van der Waals surface area contributed by atoms with Crippen LogP contribution in [0.2, 0.25) is 0 Å². The number of hydrogen-bond donors (Lipinski definition) is 3. The van der Waals surface area contributed by atoms with Crippen LogP contribution in [0, 0.1) is 0 Å². The van der Waals surface area contributed by atoms with E-state index in [0.717, 1.165) is 0 Å². The lowest BCUT2D eigenvalue weighted by molar-refractivity contribution is -0.148. The van der Waals surface area contributed by atoms with Gasteiger partial charge in [-0.1, -0.05) is 30.3 Å². The number of carboxylic acids is 1. The Morgan fingerprint density at radius 3 is 2.53 bits per heavy atom. The molecule has 1 aliphatic rings. The third kappa shape index (κ3) is 2.90. The van der Waals surface area contributed by atoms with E-state index in [0.29, 0.717) is 23.5 Å². The number of carboxylic acid groups (broad SMARTS) is 1. The molecule has 3 N–H and O–H groups in total. The fourth-order valence-corrected chi connectivity index (χ4v) is 3.30. The lowest BCUT2D eigenvalue weighted by Crippen LogP contribution is -2.55. The number of rotatable bonds is 4. The predicted molar refractivity (Wildman–Crippen MR) is 71.9 cm³/mol. The molecule has 0 aliphatic carbocycles. The highest BCUT2D eigenvalue weighted by atomic mass is 32.2. The molecule has 2 atom stereocenters. The van der Waals surface area contributed by atoms with Crippen molar-refractivity contribution in [3.8, 4) is 0 Å². The molecule has 0 bridgehead atoms. The van der Waals surface area contributed by atoms with Gasteiger partial charge in [0, 0.05) is 5.75 Å². The summed E-state index contributed by atoms with van der Waals surface area (Å²) in [6.07, 6.45) is -0.969. The van der Waals surface area contributed by atoms with Crippen molar-refractivity contribution in [2.24, 2.45) is 0 Å². The SMILES string of the molecule is O=C(NC1(C(=O)O)CCSC1)C(O)c1ccccc1. The van der Waals surface area contributed by atoms with Crippen LogP contribution in [0.5, 0.6) is 0 Å². The fourth-order valence-electron chi connectivity index (χ4n) is 1.98. The molecule has 1 aromatic rings. The van der Waals surface area contributed by atoms with Crippen molar-refractivity contribution in [1.29, 1.82) is 0 Å². The molecular formula is C13H15NO4S. The predicted octanol–water partition coefficient (Wildman–Crippen LogP) is 0.796. The van der Waals surface area contributed by atoms with Crippen molar-refractivity contribution in [1.82, 2.24) is 5.32 Å². The van der Waals surface area contributed by atoms with Crippen LogP contribution in [-0.2, 0) is 9.59 Å². The van der Waals surface area contributed by atoms with E-state index >= 15 is 0 Å². The van der Waals surface area contributed by atoms with Gasteiger partial charge in [0.15, 0.2) is 6.10 Å². The molecule has 0 aromatic heterocycles. The molecule has 1 heterocycles. The first-order valence-corrected chi connectivity index (χ1v) is 7.07. The van der Waals surface area contributed by atoms with Gasteiger partial charge in [-0.15, -0.1) is 0 Å². The highest BCUT2D eigenvalue weighted by Gasteiger charge is 2.44. The minimum atomic E-state index is -1.34. The zero-order chi connectivity index (χ0) is 13.9. The minimum absolute atomic E-state index is 0.329. The molecule has 0 radical (unpaired) electrons. The monoisotopic (exact) mass is 281 g/mol. The number of aliphatic hydroxyl groups excluding tert-OH is 1. The second-order valence-corrected chi connectivity index (χ2v) is 5.60. The van der Waals surface area contributed by atoms with Crippen molar-refractivity contribution >= 4 is 23.6 Å². The molecule has 1 saturated heterocycles. The standard InChI is InChI=1S/C13H15NO4S/c15-10(9-4-2-1-3-5-9)11(16)14-13(12(17)18)6-7-19-8-13/h1-5,10,15H,6-8H2,(H,14,16)(H,17,18). The number of nitrogens with one attached hydrogen (secondary N) is 1. The Morgan fingerprint density at radius 1 is 1.32 bits per heavy atom. The van der Waals surface area contributed by atoms with E-state index in [1.165, 1.54) is 11.8 Å². The Bertz CT molecular complexity index is 471. The Hall–Kier alpha value is -1.53. The molecule has 2 rings (SSSR count). The van der Waals surface area contributed by atoms with Crippen molar-refractivity contribution in [3.05, 3.63) is 35.9 Å². The molecule has 19 heavy (non-hydrogen) atoms. The number of aliphatic hydroxyl groups is 1. The van der Waals surface area contributed by atoms with Crippen LogP contribution in [0.3, 0.4) is 0 Å². The molecular weight excluding hydrogens is 266 g/mol. The largest absolute Gasteiger partial charge is 0.479 e. The van der Waals surface area contributed by atoms with E-state index in [2.05, 4.69) is 5.32 Å². The van der Waals surface area contributed by atoms with Gasteiger partial charge in [0.25, 0.3) is 5.91 Å². The summed E-state index contributed by atoms with van der Waals surface area (Å²) < 4.78 is 0. The van der Waals surface area contributed by atoms with E-state index in [1.54, 1.807) is 30.3 Å². The Balaban J connectivity index is 2.10. The van der Waals surface area contributed by atoms with Crippen LogP contribution in [0.25, 0.3) is 0 Å². The molecule has 2 unspecified atom stereocenters. The summed E-state index contributed by atoms with van der Waals surface area (Å²) >= 11 is 1.48.